The van der Waals surface area contributed by atoms with Crippen molar-refractivity contribution in [2.75, 3.05) is 13.2 Å². The number of ether oxygens (including phenoxy) is 2. The lowest BCUT2D eigenvalue weighted by atomic mass is 9.42. The van der Waals surface area contributed by atoms with Gasteiger partial charge in [0.1, 0.15) is 4.33 Å². The first-order chi connectivity index (χ1) is 19.4. The molecular weight excluding hydrogens is 535 g/mol. The SMILES string of the molecule is CCCCCO[C@H]1CC[C@H](C2CCC3(CC2)CC2(CCC([C@H]4CC[C@H](OCCCCC)CC4)CC2)C3(Cl)Cl)CC1. The van der Waals surface area contributed by atoms with Gasteiger partial charge >= 0.3 is 0 Å². The highest BCUT2D eigenvalue weighted by molar-refractivity contribution is 6.50. The normalized spacial score (nSPS) is 41.7. The van der Waals surface area contributed by atoms with Gasteiger partial charge in [-0.1, -0.05) is 39.5 Å². The van der Waals surface area contributed by atoms with Crippen LogP contribution in [-0.4, -0.2) is 29.8 Å². The molecular formula is C36H62Cl2O2. The minimum atomic E-state index is -0.496. The molecule has 5 saturated carbocycles. The molecule has 0 unspecified atom stereocenters. The summed E-state index contributed by atoms with van der Waals surface area (Å²) in [4.78, 5) is 0. The molecule has 2 nitrogen and oxygen atoms in total. The van der Waals surface area contributed by atoms with Gasteiger partial charge in [-0.05, 0) is 146 Å². The number of hydrogen-bond donors (Lipinski definition) is 0. The molecule has 0 atom stereocenters. The van der Waals surface area contributed by atoms with Gasteiger partial charge in [-0.25, -0.2) is 0 Å². The van der Waals surface area contributed by atoms with Crippen molar-refractivity contribution < 1.29 is 9.47 Å². The third kappa shape index (κ3) is 6.91. The second kappa shape index (κ2) is 14.5. The third-order valence-corrected chi connectivity index (χ3v) is 14.6. The van der Waals surface area contributed by atoms with E-state index in [9.17, 15) is 0 Å². The van der Waals surface area contributed by atoms with Crippen LogP contribution in [0.1, 0.15) is 162 Å². The molecule has 5 fully saturated rings. The first-order valence-electron chi connectivity index (χ1n) is 18.0. The molecule has 232 valence electrons. The van der Waals surface area contributed by atoms with Crippen LogP contribution in [0.2, 0.25) is 0 Å². The van der Waals surface area contributed by atoms with Crippen LogP contribution in [0.4, 0.5) is 0 Å². The van der Waals surface area contributed by atoms with E-state index in [4.69, 9.17) is 32.7 Å². The van der Waals surface area contributed by atoms with Crippen molar-refractivity contribution >= 4 is 23.2 Å². The summed E-state index contributed by atoms with van der Waals surface area (Å²) in [5.41, 5.74) is 0.401. The number of unbranched alkanes of at least 4 members (excludes halogenated alkanes) is 4. The molecule has 0 saturated heterocycles. The summed E-state index contributed by atoms with van der Waals surface area (Å²) in [6, 6.07) is 0. The number of hydrogen-bond acceptors (Lipinski definition) is 2. The summed E-state index contributed by atoms with van der Waals surface area (Å²) in [6.45, 7) is 6.48. The van der Waals surface area contributed by atoms with E-state index in [-0.39, 0.29) is 10.8 Å². The Morgan fingerprint density at radius 2 is 0.850 bits per heavy atom. The highest BCUT2D eigenvalue weighted by Crippen LogP contribution is 2.77. The van der Waals surface area contributed by atoms with E-state index >= 15 is 0 Å². The molecule has 4 heteroatoms. The number of rotatable bonds is 12. The average molecular weight is 598 g/mol. The fraction of sp³-hybridized carbons (Fsp3) is 1.00. The van der Waals surface area contributed by atoms with Crippen LogP contribution in [0, 0.1) is 34.5 Å². The van der Waals surface area contributed by atoms with E-state index in [0.717, 1.165) is 36.9 Å². The van der Waals surface area contributed by atoms with Crippen LogP contribution >= 0.6 is 23.2 Å². The van der Waals surface area contributed by atoms with E-state index in [1.54, 1.807) is 0 Å². The Kier molecular flexibility index (Phi) is 11.6. The topological polar surface area (TPSA) is 18.5 Å². The standard InChI is InChI=1S/C36H62Cl2O2/c1-3-5-7-25-39-32-13-9-28(10-14-32)30-17-21-34(22-18-30)27-35(36(34,37)38)23-19-31(20-24-35)29-11-15-33(16-12-29)40-26-8-6-4-2/h28-33H,3-27H2,1-2H3/t28-,29-,30?,31?,32-,33-,34?,35?. The monoisotopic (exact) mass is 596 g/mol. The van der Waals surface area contributed by atoms with Crippen LogP contribution < -0.4 is 0 Å². The smallest absolute Gasteiger partial charge is 0.129 e. The number of halogens is 2. The lowest BCUT2D eigenvalue weighted by Gasteiger charge is -2.69. The van der Waals surface area contributed by atoms with Crippen molar-refractivity contribution in [3.8, 4) is 0 Å². The molecule has 0 aromatic carbocycles. The van der Waals surface area contributed by atoms with Crippen LogP contribution in [0.5, 0.6) is 0 Å². The summed E-state index contributed by atoms with van der Waals surface area (Å²) in [5, 5.41) is 0. The maximum absolute atomic E-state index is 7.45. The molecule has 5 rings (SSSR count). The van der Waals surface area contributed by atoms with Gasteiger partial charge in [0.25, 0.3) is 0 Å². The van der Waals surface area contributed by atoms with Crippen molar-refractivity contribution in [1.29, 1.82) is 0 Å². The predicted octanol–water partition coefficient (Wildman–Crippen LogP) is 11.4. The van der Waals surface area contributed by atoms with Crippen molar-refractivity contribution in [3.05, 3.63) is 0 Å². The fourth-order valence-electron chi connectivity index (χ4n) is 10.3. The summed E-state index contributed by atoms with van der Waals surface area (Å²) in [6.07, 6.45) is 31.2. The third-order valence-electron chi connectivity index (χ3n) is 13.0. The second-order valence-corrected chi connectivity index (χ2v) is 16.5. The van der Waals surface area contributed by atoms with Crippen LogP contribution in [-0.2, 0) is 9.47 Å². The van der Waals surface area contributed by atoms with Crippen molar-refractivity contribution in [2.24, 2.45) is 34.5 Å². The lowest BCUT2D eigenvalue weighted by molar-refractivity contribution is -0.123. The molecule has 0 aliphatic heterocycles. The van der Waals surface area contributed by atoms with E-state index in [0.29, 0.717) is 12.2 Å². The zero-order chi connectivity index (χ0) is 28.1. The Balaban J connectivity index is 1.01. The second-order valence-electron chi connectivity index (χ2n) is 15.2. The average Bonchev–Trinajstić information content (AvgIpc) is 2.99. The quantitative estimate of drug-likeness (QED) is 0.165. The van der Waals surface area contributed by atoms with E-state index < -0.39 is 4.33 Å². The van der Waals surface area contributed by atoms with E-state index in [2.05, 4.69) is 13.8 Å². The molecule has 5 aliphatic carbocycles. The maximum atomic E-state index is 7.45. The van der Waals surface area contributed by atoms with Gasteiger partial charge in [-0.2, -0.15) is 0 Å². The Morgan fingerprint density at radius 1 is 0.500 bits per heavy atom. The minimum Gasteiger partial charge on any atom is -0.378 e. The largest absolute Gasteiger partial charge is 0.378 e. The highest BCUT2D eigenvalue weighted by Gasteiger charge is 2.72. The Morgan fingerprint density at radius 3 is 1.18 bits per heavy atom. The Hall–Kier alpha value is 0.500. The summed E-state index contributed by atoms with van der Waals surface area (Å²) < 4.78 is 11.9. The van der Waals surface area contributed by atoms with Crippen LogP contribution in [0.3, 0.4) is 0 Å². The van der Waals surface area contributed by atoms with Crippen molar-refractivity contribution in [2.45, 2.75) is 178 Å². The first kappa shape index (κ1) is 31.9. The van der Waals surface area contributed by atoms with Gasteiger partial charge in [0.15, 0.2) is 0 Å². The van der Waals surface area contributed by atoms with Gasteiger partial charge < -0.3 is 9.47 Å². The van der Waals surface area contributed by atoms with E-state index in [1.165, 1.54) is 148 Å². The Labute approximate surface area is 257 Å². The maximum Gasteiger partial charge on any atom is 0.129 e. The summed E-state index contributed by atoms with van der Waals surface area (Å²) >= 11 is 14.9. The molecule has 5 aliphatic rings. The van der Waals surface area contributed by atoms with Gasteiger partial charge in [0.2, 0.25) is 0 Å². The summed E-state index contributed by atoms with van der Waals surface area (Å²) in [5.74, 6) is 3.62. The van der Waals surface area contributed by atoms with Gasteiger partial charge in [-0.15, -0.1) is 23.2 Å². The predicted molar refractivity (Wildman–Crippen MR) is 170 cm³/mol. The molecule has 0 N–H and O–H groups in total. The molecule has 0 aromatic heterocycles. The van der Waals surface area contributed by atoms with Crippen molar-refractivity contribution in [1.82, 2.24) is 0 Å². The van der Waals surface area contributed by atoms with E-state index in [1.807, 2.05) is 0 Å². The molecule has 2 spiro atoms. The molecule has 0 aromatic rings. The zero-order valence-electron chi connectivity index (χ0n) is 26.2. The Bertz CT molecular complexity index is 676. The zero-order valence-corrected chi connectivity index (χ0v) is 27.7. The summed E-state index contributed by atoms with van der Waals surface area (Å²) in [7, 11) is 0. The van der Waals surface area contributed by atoms with Gasteiger partial charge in [0, 0.05) is 24.0 Å². The van der Waals surface area contributed by atoms with Crippen LogP contribution in [0.25, 0.3) is 0 Å². The number of alkyl halides is 2. The highest BCUT2D eigenvalue weighted by atomic mass is 35.5. The first-order valence-corrected chi connectivity index (χ1v) is 18.8. The van der Waals surface area contributed by atoms with Gasteiger partial charge in [-0.3, -0.25) is 0 Å². The lowest BCUT2D eigenvalue weighted by Crippen LogP contribution is -2.66. The van der Waals surface area contributed by atoms with Crippen LogP contribution in [0.15, 0.2) is 0 Å². The minimum absolute atomic E-state index is 0.201. The molecule has 40 heavy (non-hydrogen) atoms. The van der Waals surface area contributed by atoms with Crippen molar-refractivity contribution in [3.63, 3.8) is 0 Å². The molecule has 0 radical (unpaired) electrons. The molecule has 0 heterocycles. The van der Waals surface area contributed by atoms with Gasteiger partial charge in [0.05, 0.1) is 12.2 Å². The molecule has 0 amide bonds. The fourth-order valence-corrected chi connectivity index (χ4v) is 11.3. The molecule has 0 bridgehead atoms.